The average molecular weight is 361 g/mol. The molecule has 1 atom stereocenters. The van der Waals surface area contributed by atoms with Gasteiger partial charge in [0.25, 0.3) is 5.91 Å². The zero-order valence-corrected chi connectivity index (χ0v) is 14.7. The van der Waals surface area contributed by atoms with E-state index in [-0.39, 0.29) is 30.2 Å². The fourth-order valence-corrected chi connectivity index (χ4v) is 3.46. The Bertz CT molecular complexity index is 734. The van der Waals surface area contributed by atoms with Crippen molar-refractivity contribution in [1.82, 2.24) is 4.90 Å². The largest absolute Gasteiger partial charge is 0.377 e. The Labute approximate surface area is 140 Å². The van der Waals surface area contributed by atoms with E-state index in [9.17, 15) is 22.0 Å². The van der Waals surface area contributed by atoms with Gasteiger partial charge in [0.2, 0.25) is 6.43 Å². The summed E-state index contributed by atoms with van der Waals surface area (Å²) in [7, 11) is -3.48. The third-order valence-electron chi connectivity index (χ3n) is 4.24. The third-order valence-corrected chi connectivity index (χ3v) is 5.33. The van der Waals surface area contributed by atoms with E-state index in [1.165, 1.54) is 17.0 Å². The zero-order chi connectivity index (χ0) is 18.1. The Balaban J connectivity index is 2.42. The van der Waals surface area contributed by atoms with Gasteiger partial charge in [-0.25, -0.2) is 17.2 Å². The molecule has 0 bridgehead atoms. The standard InChI is InChI=1S/C16H21F2NO4S/c1-10-6-13(24(3,21)22)8-14(11(10)2)16(20)19-4-5-23-9-12(19)7-15(17)18/h6,8,12,15H,4-5,7,9H2,1-3H3/t12-/m0/s1. The Morgan fingerprint density at radius 2 is 2.04 bits per heavy atom. The Morgan fingerprint density at radius 3 is 2.62 bits per heavy atom. The lowest BCUT2D eigenvalue weighted by molar-refractivity contribution is -0.0216. The van der Waals surface area contributed by atoms with Gasteiger partial charge in [0.05, 0.1) is 24.2 Å². The number of hydrogen-bond acceptors (Lipinski definition) is 4. The molecule has 0 aliphatic carbocycles. The topological polar surface area (TPSA) is 63.7 Å². The molecule has 0 aromatic heterocycles. The number of carbonyl (C=O) groups excluding carboxylic acids is 1. The molecular weight excluding hydrogens is 340 g/mol. The van der Waals surface area contributed by atoms with Gasteiger partial charge >= 0.3 is 0 Å². The molecule has 0 N–H and O–H groups in total. The summed E-state index contributed by atoms with van der Waals surface area (Å²) in [5.74, 6) is -0.435. The normalized spacial score (nSPS) is 18.9. The van der Waals surface area contributed by atoms with Gasteiger partial charge in [-0.2, -0.15) is 0 Å². The lowest BCUT2D eigenvalue weighted by Crippen LogP contribution is -2.49. The summed E-state index contributed by atoms with van der Waals surface area (Å²) >= 11 is 0. The van der Waals surface area contributed by atoms with E-state index in [4.69, 9.17) is 4.74 Å². The van der Waals surface area contributed by atoms with Crippen molar-refractivity contribution >= 4 is 15.7 Å². The molecule has 1 fully saturated rings. The fraction of sp³-hybridized carbons (Fsp3) is 0.562. The maximum Gasteiger partial charge on any atom is 0.254 e. The Morgan fingerprint density at radius 1 is 1.38 bits per heavy atom. The molecule has 1 amide bonds. The average Bonchev–Trinajstić information content (AvgIpc) is 2.48. The molecule has 134 valence electrons. The van der Waals surface area contributed by atoms with Crippen LogP contribution in [0.5, 0.6) is 0 Å². The first-order valence-electron chi connectivity index (χ1n) is 7.59. The molecule has 8 heteroatoms. The van der Waals surface area contributed by atoms with Crippen LogP contribution in [0.3, 0.4) is 0 Å². The van der Waals surface area contributed by atoms with Crippen LogP contribution in [0.25, 0.3) is 0 Å². The molecule has 1 saturated heterocycles. The summed E-state index contributed by atoms with van der Waals surface area (Å²) in [4.78, 5) is 14.3. The minimum Gasteiger partial charge on any atom is -0.377 e. The predicted molar refractivity (Wildman–Crippen MR) is 85.3 cm³/mol. The van der Waals surface area contributed by atoms with Gasteiger partial charge in [-0.1, -0.05) is 0 Å². The lowest BCUT2D eigenvalue weighted by Gasteiger charge is -2.36. The van der Waals surface area contributed by atoms with Gasteiger partial charge < -0.3 is 9.64 Å². The van der Waals surface area contributed by atoms with Gasteiger partial charge in [-0.05, 0) is 37.1 Å². The van der Waals surface area contributed by atoms with Crippen molar-refractivity contribution in [3.05, 3.63) is 28.8 Å². The van der Waals surface area contributed by atoms with Crippen molar-refractivity contribution in [2.75, 3.05) is 26.0 Å². The summed E-state index contributed by atoms with van der Waals surface area (Å²) < 4.78 is 54.3. The first-order chi connectivity index (χ1) is 11.1. The highest BCUT2D eigenvalue weighted by molar-refractivity contribution is 7.90. The Hall–Kier alpha value is -1.54. The summed E-state index contributed by atoms with van der Waals surface area (Å²) in [5.41, 5.74) is 1.55. The lowest BCUT2D eigenvalue weighted by atomic mass is 10.0. The molecule has 1 aromatic carbocycles. The van der Waals surface area contributed by atoms with Crippen LogP contribution in [0, 0.1) is 13.8 Å². The fourth-order valence-electron chi connectivity index (χ4n) is 2.74. The van der Waals surface area contributed by atoms with E-state index in [2.05, 4.69) is 0 Å². The highest BCUT2D eigenvalue weighted by Gasteiger charge is 2.31. The number of alkyl halides is 2. The number of carbonyl (C=O) groups is 1. The first-order valence-corrected chi connectivity index (χ1v) is 9.48. The van der Waals surface area contributed by atoms with E-state index in [1.807, 2.05) is 0 Å². The van der Waals surface area contributed by atoms with Crippen molar-refractivity contribution in [2.24, 2.45) is 0 Å². The van der Waals surface area contributed by atoms with Crippen molar-refractivity contribution < 1.29 is 26.7 Å². The summed E-state index contributed by atoms with van der Waals surface area (Å²) in [6.45, 7) is 3.97. The number of nitrogens with zero attached hydrogens (tertiary/aromatic N) is 1. The molecule has 0 radical (unpaired) electrons. The van der Waals surface area contributed by atoms with Gasteiger partial charge in [0.15, 0.2) is 9.84 Å². The van der Waals surface area contributed by atoms with Crippen LogP contribution in [0.2, 0.25) is 0 Å². The molecule has 24 heavy (non-hydrogen) atoms. The van der Waals surface area contributed by atoms with Crippen LogP contribution in [0.1, 0.15) is 27.9 Å². The van der Waals surface area contributed by atoms with E-state index < -0.39 is 34.6 Å². The van der Waals surface area contributed by atoms with Crippen LogP contribution in [0.4, 0.5) is 8.78 Å². The second-order valence-electron chi connectivity index (χ2n) is 6.04. The molecule has 0 saturated carbocycles. The molecule has 2 rings (SSSR count). The number of sulfone groups is 1. The molecule has 0 unspecified atom stereocenters. The smallest absolute Gasteiger partial charge is 0.254 e. The molecule has 1 heterocycles. The number of rotatable bonds is 4. The van der Waals surface area contributed by atoms with E-state index >= 15 is 0 Å². The SMILES string of the molecule is Cc1cc(S(C)(=O)=O)cc(C(=O)N2CCOC[C@@H]2CC(F)F)c1C. The maximum atomic E-state index is 12.9. The summed E-state index contributed by atoms with van der Waals surface area (Å²) in [5, 5.41) is 0. The molecule has 1 aliphatic rings. The monoisotopic (exact) mass is 361 g/mol. The van der Waals surface area contributed by atoms with Crippen LogP contribution in [-0.2, 0) is 14.6 Å². The van der Waals surface area contributed by atoms with Gasteiger partial charge in [0, 0.05) is 24.8 Å². The third kappa shape index (κ3) is 4.10. The number of ether oxygens (including phenoxy) is 1. The van der Waals surface area contributed by atoms with Crippen LogP contribution in [-0.4, -0.2) is 57.7 Å². The van der Waals surface area contributed by atoms with Crippen LogP contribution < -0.4 is 0 Å². The Kier molecular flexibility index (Phi) is 5.59. The van der Waals surface area contributed by atoms with Crippen molar-refractivity contribution in [3.63, 3.8) is 0 Å². The highest BCUT2D eigenvalue weighted by atomic mass is 32.2. The number of benzene rings is 1. The number of aryl methyl sites for hydroxylation is 1. The number of morpholine rings is 1. The maximum absolute atomic E-state index is 12.9. The number of amides is 1. The first kappa shape index (κ1) is 18.8. The van der Waals surface area contributed by atoms with E-state index in [0.29, 0.717) is 11.1 Å². The molecule has 5 nitrogen and oxygen atoms in total. The van der Waals surface area contributed by atoms with Gasteiger partial charge in [-0.3, -0.25) is 4.79 Å². The number of hydrogen-bond donors (Lipinski definition) is 0. The van der Waals surface area contributed by atoms with Crippen LogP contribution >= 0.6 is 0 Å². The van der Waals surface area contributed by atoms with E-state index in [1.54, 1.807) is 13.8 Å². The second kappa shape index (κ2) is 7.14. The summed E-state index contributed by atoms with van der Waals surface area (Å²) in [6, 6.07) is 2.12. The zero-order valence-electron chi connectivity index (χ0n) is 13.9. The van der Waals surface area contributed by atoms with Crippen molar-refractivity contribution in [1.29, 1.82) is 0 Å². The van der Waals surface area contributed by atoms with Gasteiger partial charge in [-0.15, -0.1) is 0 Å². The molecular formula is C16H21F2NO4S. The quantitative estimate of drug-likeness (QED) is 0.825. The van der Waals surface area contributed by atoms with Crippen molar-refractivity contribution in [3.8, 4) is 0 Å². The number of halogens is 2. The highest BCUT2D eigenvalue weighted by Crippen LogP contribution is 2.24. The minimum absolute atomic E-state index is 0.0487. The van der Waals surface area contributed by atoms with Gasteiger partial charge in [0.1, 0.15) is 0 Å². The predicted octanol–water partition coefficient (Wildman–Crippen LogP) is 2.20. The molecule has 1 aliphatic heterocycles. The van der Waals surface area contributed by atoms with Crippen LogP contribution in [0.15, 0.2) is 17.0 Å². The second-order valence-corrected chi connectivity index (χ2v) is 8.05. The molecule has 0 spiro atoms. The van der Waals surface area contributed by atoms with Crippen molar-refractivity contribution in [2.45, 2.75) is 37.6 Å². The molecule has 1 aromatic rings. The summed E-state index contributed by atoms with van der Waals surface area (Å²) in [6.07, 6.45) is -1.94. The minimum atomic E-state index is -3.48. The van der Waals surface area contributed by atoms with E-state index in [0.717, 1.165) is 6.26 Å².